The lowest BCUT2D eigenvalue weighted by Crippen LogP contribution is -2.28. The van der Waals surface area contributed by atoms with Crippen molar-refractivity contribution in [1.82, 2.24) is 9.97 Å². The summed E-state index contributed by atoms with van der Waals surface area (Å²) >= 11 is 0. The van der Waals surface area contributed by atoms with Crippen molar-refractivity contribution >= 4 is 0 Å². The van der Waals surface area contributed by atoms with Gasteiger partial charge in [-0.2, -0.15) is 0 Å². The van der Waals surface area contributed by atoms with E-state index in [2.05, 4.69) is 58.5 Å². The van der Waals surface area contributed by atoms with Crippen LogP contribution in [0.15, 0.2) is 97.3 Å². The summed E-state index contributed by atoms with van der Waals surface area (Å²) in [5.74, 6) is 2.52. The normalized spacial score (nSPS) is 23.0. The van der Waals surface area contributed by atoms with Crippen LogP contribution >= 0.6 is 0 Å². The van der Waals surface area contributed by atoms with Gasteiger partial charge in [0.2, 0.25) is 0 Å². The van der Waals surface area contributed by atoms with Gasteiger partial charge < -0.3 is 42.6 Å². The molecule has 4 aliphatic rings. The molecule has 3 aliphatic heterocycles. The third kappa shape index (κ3) is 13.5. The smallest absolute Gasteiger partial charge is 0.119 e. The van der Waals surface area contributed by atoms with Crippen LogP contribution in [0.4, 0.5) is 0 Å². The van der Waals surface area contributed by atoms with Crippen LogP contribution in [0.1, 0.15) is 47.2 Å². The van der Waals surface area contributed by atoms with Crippen molar-refractivity contribution < 1.29 is 42.6 Å². The van der Waals surface area contributed by atoms with Crippen molar-refractivity contribution in [3.05, 3.63) is 120 Å². The average Bonchev–Trinajstić information content (AvgIpc) is 3.19. The number of nitrogens with zero attached hydrogens (tertiary/aromatic N) is 2. The quantitative estimate of drug-likeness (QED) is 0.228. The van der Waals surface area contributed by atoms with Crippen LogP contribution in [0.5, 0.6) is 11.5 Å². The SMILES string of the molecule is c1ccc(COC2COCCOCCOCCOCCOCC(OCc3ccccn3)COc3ccc(cc3)C3CCC3c3ccc(cc3)OC2)nc1. The molecule has 5 heterocycles. The van der Waals surface area contributed by atoms with E-state index in [0.29, 0.717) is 104 Å². The lowest BCUT2D eigenvalue weighted by molar-refractivity contribution is -0.0617. The zero-order valence-corrected chi connectivity index (χ0v) is 30.4. The summed E-state index contributed by atoms with van der Waals surface area (Å²) in [4.78, 5) is 8.75. The molecular formula is C42H52N2O9. The summed E-state index contributed by atoms with van der Waals surface area (Å²) in [6.07, 6.45) is 5.28. The Bertz CT molecular complexity index is 1430. The molecule has 2 aromatic heterocycles. The van der Waals surface area contributed by atoms with Gasteiger partial charge in [0, 0.05) is 12.4 Å². The Kier molecular flexibility index (Phi) is 16.3. The Morgan fingerprint density at radius 2 is 0.849 bits per heavy atom. The number of hydrogen-bond donors (Lipinski definition) is 0. The molecule has 0 spiro atoms. The van der Waals surface area contributed by atoms with Crippen molar-refractivity contribution in [3.8, 4) is 11.5 Å². The van der Waals surface area contributed by atoms with E-state index in [0.717, 1.165) is 35.7 Å². The van der Waals surface area contributed by atoms with E-state index < -0.39 is 0 Å². The highest BCUT2D eigenvalue weighted by Gasteiger charge is 2.33. The molecule has 0 radical (unpaired) electrons. The monoisotopic (exact) mass is 728 g/mol. The molecule has 0 amide bonds. The molecule has 284 valence electrons. The Morgan fingerprint density at radius 3 is 1.21 bits per heavy atom. The second-order valence-electron chi connectivity index (χ2n) is 13.0. The first kappa shape index (κ1) is 38.8. The maximum Gasteiger partial charge on any atom is 0.119 e. The van der Waals surface area contributed by atoms with E-state index in [9.17, 15) is 0 Å². The van der Waals surface area contributed by atoms with E-state index >= 15 is 0 Å². The largest absolute Gasteiger partial charge is 0.491 e. The van der Waals surface area contributed by atoms with Gasteiger partial charge in [-0.15, -0.1) is 0 Å². The fourth-order valence-corrected chi connectivity index (χ4v) is 6.17. The molecule has 0 saturated heterocycles. The Hall–Kier alpha value is -3.94. The summed E-state index contributed by atoms with van der Waals surface area (Å²) in [6, 6.07) is 28.5. The molecule has 4 aromatic rings. The van der Waals surface area contributed by atoms with Crippen LogP contribution in [0.3, 0.4) is 0 Å². The molecule has 2 aromatic carbocycles. The van der Waals surface area contributed by atoms with Crippen LogP contribution in [0.25, 0.3) is 0 Å². The third-order valence-corrected chi connectivity index (χ3v) is 9.24. The number of pyridine rings is 2. The minimum atomic E-state index is -0.275. The highest BCUT2D eigenvalue weighted by atomic mass is 16.6. The van der Waals surface area contributed by atoms with Gasteiger partial charge in [-0.05, 0) is 84.3 Å². The van der Waals surface area contributed by atoms with Gasteiger partial charge in [-0.3, -0.25) is 9.97 Å². The van der Waals surface area contributed by atoms with Crippen molar-refractivity contribution in [2.45, 2.75) is 50.1 Å². The summed E-state index contributed by atoms with van der Waals surface area (Å²) in [5, 5.41) is 0. The number of ether oxygens (including phenoxy) is 9. The molecule has 4 atom stereocenters. The fraction of sp³-hybridized carbons (Fsp3) is 0.476. The second kappa shape index (κ2) is 22.3. The number of aromatic nitrogens is 2. The van der Waals surface area contributed by atoms with Crippen LogP contribution in [-0.2, 0) is 46.4 Å². The molecule has 53 heavy (non-hydrogen) atoms. The standard InChI is InChI=1S/C42H52N2O9/c1-3-17-43-35(5-1)27-50-39-29-48-25-23-46-21-19-45-20-22-47-24-26-49-30-40(51-28-36-6-2-4-18-44-36)32-53-38-13-9-34(10-14-38)42-16-15-41(42)33-7-11-37(12-8-33)52-31-39/h1-14,17-18,39-42H,15-16,19-32H2. The number of benzene rings is 2. The predicted octanol–water partition coefficient (Wildman–Crippen LogP) is 6.16. The van der Waals surface area contributed by atoms with Crippen molar-refractivity contribution in [1.29, 1.82) is 0 Å². The van der Waals surface area contributed by atoms with Gasteiger partial charge in [-0.25, -0.2) is 0 Å². The molecule has 11 nitrogen and oxygen atoms in total. The Morgan fingerprint density at radius 1 is 0.453 bits per heavy atom. The molecular weight excluding hydrogens is 676 g/mol. The van der Waals surface area contributed by atoms with Crippen LogP contribution in [0, 0.1) is 0 Å². The van der Waals surface area contributed by atoms with Gasteiger partial charge >= 0.3 is 0 Å². The number of rotatable bonds is 6. The van der Waals surface area contributed by atoms with Crippen LogP contribution < -0.4 is 9.47 Å². The zero-order chi connectivity index (χ0) is 36.2. The average molecular weight is 729 g/mol. The molecule has 4 unspecified atom stereocenters. The minimum Gasteiger partial charge on any atom is -0.491 e. The van der Waals surface area contributed by atoms with Crippen molar-refractivity contribution in [3.63, 3.8) is 0 Å². The fourth-order valence-electron chi connectivity index (χ4n) is 6.17. The predicted molar refractivity (Wildman–Crippen MR) is 198 cm³/mol. The lowest BCUT2D eigenvalue weighted by atomic mass is 9.67. The summed E-state index contributed by atoms with van der Waals surface area (Å²) in [7, 11) is 0. The first-order chi connectivity index (χ1) is 26.3. The molecule has 0 N–H and O–H groups in total. The lowest BCUT2D eigenvalue weighted by Gasteiger charge is -2.37. The van der Waals surface area contributed by atoms with Gasteiger partial charge in [-0.1, -0.05) is 36.4 Å². The molecule has 1 fully saturated rings. The molecule has 8 rings (SSSR count). The molecule has 4 bridgehead atoms. The molecule has 1 saturated carbocycles. The van der Waals surface area contributed by atoms with E-state index in [1.165, 1.54) is 11.1 Å². The van der Waals surface area contributed by atoms with Gasteiger partial charge in [0.25, 0.3) is 0 Å². The number of hydrogen-bond acceptors (Lipinski definition) is 11. The van der Waals surface area contributed by atoms with E-state index in [-0.39, 0.29) is 12.2 Å². The van der Waals surface area contributed by atoms with Gasteiger partial charge in [0.1, 0.15) is 36.9 Å². The van der Waals surface area contributed by atoms with Gasteiger partial charge in [0.05, 0.1) is 90.7 Å². The van der Waals surface area contributed by atoms with E-state index in [1.54, 1.807) is 12.4 Å². The summed E-state index contributed by atoms with van der Waals surface area (Å²) in [5.41, 5.74) is 4.35. The summed E-state index contributed by atoms with van der Waals surface area (Å²) < 4.78 is 53.5. The molecule has 11 heteroatoms. The summed E-state index contributed by atoms with van der Waals surface area (Å²) in [6.45, 7) is 5.88. The Balaban J connectivity index is 1.05. The first-order valence-electron chi connectivity index (χ1n) is 18.7. The Labute approximate surface area is 312 Å². The van der Waals surface area contributed by atoms with Crippen LogP contribution in [0.2, 0.25) is 0 Å². The van der Waals surface area contributed by atoms with Crippen LogP contribution in [-0.4, -0.2) is 101 Å². The zero-order valence-electron chi connectivity index (χ0n) is 30.4. The minimum absolute atomic E-state index is 0.275. The maximum absolute atomic E-state index is 6.19. The second-order valence-corrected chi connectivity index (χ2v) is 13.0. The number of fused-ring (bicyclic) bond motifs is 2. The van der Waals surface area contributed by atoms with Gasteiger partial charge in [0.15, 0.2) is 0 Å². The van der Waals surface area contributed by atoms with Crippen molar-refractivity contribution in [2.24, 2.45) is 0 Å². The van der Waals surface area contributed by atoms with E-state index in [1.807, 2.05) is 36.4 Å². The highest BCUT2D eigenvalue weighted by molar-refractivity contribution is 5.37. The maximum atomic E-state index is 6.19. The topological polar surface area (TPSA) is 109 Å². The molecule has 1 aliphatic carbocycles. The first-order valence-corrected chi connectivity index (χ1v) is 18.7. The van der Waals surface area contributed by atoms with E-state index in [4.69, 9.17) is 42.6 Å². The van der Waals surface area contributed by atoms with Crippen molar-refractivity contribution in [2.75, 3.05) is 79.3 Å². The highest BCUT2D eigenvalue weighted by Crippen LogP contribution is 2.49. The third-order valence-electron chi connectivity index (χ3n) is 9.24.